The van der Waals surface area contributed by atoms with Gasteiger partial charge in [-0.15, -0.1) is 0 Å². The summed E-state index contributed by atoms with van der Waals surface area (Å²) < 4.78 is 5.27. The van der Waals surface area contributed by atoms with Crippen molar-refractivity contribution in [1.82, 2.24) is 4.98 Å². The molecule has 0 fully saturated rings. The molecule has 21 heavy (non-hydrogen) atoms. The van der Waals surface area contributed by atoms with Crippen molar-refractivity contribution >= 4 is 16.6 Å². The number of hydrogen-bond acceptors (Lipinski definition) is 4. The maximum atomic E-state index is 5.97. The van der Waals surface area contributed by atoms with Crippen LogP contribution in [-0.4, -0.2) is 25.2 Å². The largest absolute Gasteiger partial charge is 0.497 e. The van der Waals surface area contributed by atoms with Gasteiger partial charge in [-0.2, -0.15) is 0 Å². The van der Waals surface area contributed by atoms with E-state index in [0.29, 0.717) is 6.54 Å². The Bertz CT molecular complexity index is 585. The molecule has 0 aliphatic carbocycles. The van der Waals surface area contributed by atoms with E-state index >= 15 is 0 Å². The first-order valence-corrected chi connectivity index (χ1v) is 7.54. The van der Waals surface area contributed by atoms with Crippen molar-refractivity contribution in [2.75, 3.05) is 25.5 Å². The van der Waals surface area contributed by atoms with Crippen molar-refractivity contribution < 1.29 is 4.74 Å². The van der Waals surface area contributed by atoms with Crippen LogP contribution in [0.25, 0.3) is 10.8 Å². The predicted molar refractivity (Wildman–Crippen MR) is 88.9 cm³/mol. The third-order valence-electron chi connectivity index (χ3n) is 4.54. The Kier molecular flexibility index (Phi) is 5.02. The zero-order valence-corrected chi connectivity index (χ0v) is 13.1. The Labute approximate surface area is 126 Å². The molecule has 1 aromatic heterocycles. The molecule has 0 radical (unpaired) electrons. The highest BCUT2D eigenvalue weighted by molar-refractivity contribution is 5.92. The Hall–Kier alpha value is -1.81. The quantitative estimate of drug-likeness (QED) is 0.819. The highest BCUT2D eigenvalue weighted by Gasteiger charge is 2.24. The van der Waals surface area contributed by atoms with E-state index in [9.17, 15) is 0 Å². The summed E-state index contributed by atoms with van der Waals surface area (Å²) in [5.74, 6) is 1.77. The third kappa shape index (κ3) is 3.27. The van der Waals surface area contributed by atoms with E-state index in [-0.39, 0.29) is 5.41 Å². The van der Waals surface area contributed by atoms with Gasteiger partial charge in [-0.25, -0.2) is 4.98 Å². The third-order valence-corrected chi connectivity index (χ3v) is 4.54. The van der Waals surface area contributed by atoms with Crippen LogP contribution >= 0.6 is 0 Å². The molecule has 0 unspecified atom stereocenters. The summed E-state index contributed by atoms with van der Waals surface area (Å²) in [5.41, 5.74) is 6.10. The van der Waals surface area contributed by atoms with E-state index in [1.54, 1.807) is 7.11 Å². The summed E-state index contributed by atoms with van der Waals surface area (Å²) >= 11 is 0. The highest BCUT2D eigenvalue weighted by Crippen LogP contribution is 2.28. The number of nitrogens with zero attached hydrogens (tertiary/aromatic N) is 1. The van der Waals surface area contributed by atoms with E-state index in [1.165, 1.54) is 0 Å². The van der Waals surface area contributed by atoms with Gasteiger partial charge >= 0.3 is 0 Å². The van der Waals surface area contributed by atoms with Crippen molar-refractivity contribution in [2.24, 2.45) is 11.1 Å². The second-order valence-corrected chi connectivity index (χ2v) is 5.51. The Morgan fingerprint density at radius 1 is 1.24 bits per heavy atom. The van der Waals surface area contributed by atoms with Crippen LogP contribution in [0.3, 0.4) is 0 Å². The summed E-state index contributed by atoms with van der Waals surface area (Å²) in [6.45, 7) is 5.92. The average Bonchev–Trinajstić information content (AvgIpc) is 2.56. The highest BCUT2D eigenvalue weighted by atomic mass is 16.5. The van der Waals surface area contributed by atoms with Gasteiger partial charge in [0.1, 0.15) is 11.6 Å². The molecule has 2 aromatic rings. The number of benzene rings is 1. The van der Waals surface area contributed by atoms with Gasteiger partial charge in [0, 0.05) is 18.1 Å². The fraction of sp³-hybridized carbons (Fsp3) is 0.471. The monoisotopic (exact) mass is 287 g/mol. The molecule has 0 aliphatic rings. The number of pyridine rings is 1. The molecule has 0 amide bonds. The number of aromatic nitrogens is 1. The fourth-order valence-electron chi connectivity index (χ4n) is 2.56. The van der Waals surface area contributed by atoms with E-state index in [0.717, 1.165) is 41.7 Å². The molecule has 0 bridgehead atoms. The lowest BCUT2D eigenvalue weighted by Gasteiger charge is -2.30. The molecule has 4 nitrogen and oxygen atoms in total. The average molecular weight is 287 g/mol. The zero-order chi connectivity index (χ0) is 15.3. The SMILES string of the molecule is CCC(CC)(CN)CNc1nccc2cc(OC)ccc12. The first kappa shape index (κ1) is 15.6. The van der Waals surface area contributed by atoms with Crippen LogP contribution in [0.2, 0.25) is 0 Å². The predicted octanol–water partition coefficient (Wildman–Crippen LogP) is 3.42. The second-order valence-electron chi connectivity index (χ2n) is 5.51. The molecule has 0 saturated carbocycles. The number of methoxy groups -OCH3 is 1. The maximum absolute atomic E-state index is 5.97. The lowest BCUT2D eigenvalue weighted by atomic mass is 9.82. The van der Waals surface area contributed by atoms with Gasteiger partial charge in [0.2, 0.25) is 0 Å². The fourth-order valence-corrected chi connectivity index (χ4v) is 2.56. The topological polar surface area (TPSA) is 60.2 Å². The van der Waals surface area contributed by atoms with Crippen LogP contribution in [0.4, 0.5) is 5.82 Å². The number of ether oxygens (including phenoxy) is 1. The normalized spacial score (nSPS) is 11.6. The number of rotatable bonds is 7. The molecular formula is C17H25N3O. The van der Waals surface area contributed by atoms with Gasteiger partial charge in [0.25, 0.3) is 0 Å². The molecule has 0 aliphatic heterocycles. The van der Waals surface area contributed by atoms with Gasteiger partial charge in [-0.3, -0.25) is 0 Å². The molecule has 1 aromatic carbocycles. The van der Waals surface area contributed by atoms with E-state index in [2.05, 4.69) is 24.1 Å². The van der Waals surface area contributed by atoms with Gasteiger partial charge in [-0.1, -0.05) is 13.8 Å². The minimum Gasteiger partial charge on any atom is -0.497 e. The van der Waals surface area contributed by atoms with Crippen LogP contribution in [0.15, 0.2) is 30.5 Å². The van der Waals surface area contributed by atoms with E-state index in [4.69, 9.17) is 10.5 Å². The number of fused-ring (bicyclic) bond motifs is 1. The second kappa shape index (κ2) is 6.76. The van der Waals surface area contributed by atoms with E-state index in [1.807, 2.05) is 30.5 Å². The van der Waals surface area contributed by atoms with Crippen molar-refractivity contribution in [3.05, 3.63) is 30.5 Å². The van der Waals surface area contributed by atoms with Gasteiger partial charge in [0.15, 0.2) is 0 Å². The molecule has 2 rings (SSSR count). The molecule has 1 heterocycles. The van der Waals surface area contributed by atoms with Crippen molar-refractivity contribution in [1.29, 1.82) is 0 Å². The van der Waals surface area contributed by atoms with E-state index < -0.39 is 0 Å². The summed E-state index contributed by atoms with van der Waals surface area (Å²) in [6.07, 6.45) is 3.95. The number of nitrogens with one attached hydrogen (secondary N) is 1. The lowest BCUT2D eigenvalue weighted by Crippen LogP contribution is -2.36. The number of nitrogens with two attached hydrogens (primary N) is 1. The number of hydrogen-bond donors (Lipinski definition) is 2. The summed E-state index contributed by atoms with van der Waals surface area (Å²) in [6, 6.07) is 8.04. The first-order chi connectivity index (χ1) is 10.2. The van der Waals surface area contributed by atoms with Crippen molar-refractivity contribution in [3.63, 3.8) is 0 Å². The first-order valence-electron chi connectivity index (χ1n) is 7.54. The van der Waals surface area contributed by atoms with Crippen LogP contribution < -0.4 is 15.8 Å². The molecular weight excluding hydrogens is 262 g/mol. The minimum absolute atomic E-state index is 0.135. The molecule has 3 N–H and O–H groups in total. The number of anilines is 1. The molecule has 4 heteroatoms. The van der Waals surface area contributed by atoms with Crippen LogP contribution in [-0.2, 0) is 0 Å². The standard InChI is InChI=1S/C17H25N3O/c1-4-17(5-2,11-18)12-20-16-15-7-6-14(21-3)10-13(15)8-9-19-16/h6-10H,4-5,11-12,18H2,1-3H3,(H,19,20). The molecule has 0 atom stereocenters. The molecule has 0 saturated heterocycles. The maximum Gasteiger partial charge on any atom is 0.133 e. The Balaban J connectivity index is 2.26. The molecule has 0 spiro atoms. The Morgan fingerprint density at radius 2 is 2.00 bits per heavy atom. The van der Waals surface area contributed by atoms with Crippen LogP contribution in [0.1, 0.15) is 26.7 Å². The van der Waals surface area contributed by atoms with Crippen molar-refractivity contribution in [3.8, 4) is 5.75 Å². The minimum atomic E-state index is 0.135. The van der Waals surface area contributed by atoms with Gasteiger partial charge in [-0.05, 0) is 54.5 Å². The summed E-state index contributed by atoms with van der Waals surface area (Å²) in [5, 5.41) is 5.72. The molecule has 114 valence electrons. The van der Waals surface area contributed by atoms with Gasteiger partial charge < -0.3 is 15.8 Å². The van der Waals surface area contributed by atoms with Crippen LogP contribution in [0.5, 0.6) is 5.75 Å². The van der Waals surface area contributed by atoms with Crippen molar-refractivity contribution in [2.45, 2.75) is 26.7 Å². The summed E-state index contributed by atoms with van der Waals surface area (Å²) in [7, 11) is 1.68. The zero-order valence-electron chi connectivity index (χ0n) is 13.1. The van der Waals surface area contributed by atoms with Crippen LogP contribution in [0, 0.1) is 5.41 Å². The lowest BCUT2D eigenvalue weighted by molar-refractivity contribution is 0.294. The van der Waals surface area contributed by atoms with Gasteiger partial charge in [0.05, 0.1) is 7.11 Å². The Morgan fingerprint density at radius 3 is 2.62 bits per heavy atom. The smallest absolute Gasteiger partial charge is 0.133 e. The summed E-state index contributed by atoms with van der Waals surface area (Å²) in [4.78, 5) is 4.48.